The summed E-state index contributed by atoms with van der Waals surface area (Å²) in [5.74, 6) is 0.0274. The van der Waals surface area contributed by atoms with Gasteiger partial charge in [0.25, 0.3) is 5.91 Å². The Bertz CT molecular complexity index is 576. The van der Waals surface area contributed by atoms with Crippen molar-refractivity contribution in [3.8, 4) is 5.75 Å². The maximum atomic E-state index is 12.3. The summed E-state index contributed by atoms with van der Waals surface area (Å²) in [6.07, 6.45) is 2.66. The van der Waals surface area contributed by atoms with Gasteiger partial charge in [-0.3, -0.25) is 9.59 Å². The van der Waals surface area contributed by atoms with E-state index in [2.05, 4.69) is 0 Å². The first-order valence-electron chi connectivity index (χ1n) is 7.85. The Morgan fingerprint density at radius 2 is 2.22 bits per heavy atom. The van der Waals surface area contributed by atoms with Crippen LogP contribution in [0.3, 0.4) is 0 Å². The molecule has 1 unspecified atom stereocenters. The lowest BCUT2D eigenvalue weighted by atomic mass is 9.93. The van der Waals surface area contributed by atoms with Gasteiger partial charge in [0.2, 0.25) is 0 Å². The molecule has 2 rings (SSSR count). The van der Waals surface area contributed by atoms with Gasteiger partial charge >= 0.3 is 5.97 Å². The minimum absolute atomic E-state index is 0.0210. The second-order valence-corrected chi connectivity index (χ2v) is 6.34. The third-order valence-corrected chi connectivity index (χ3v) is 4.62. The Hall–Kier alpha value is -1.75. The van der Waals surface area contributed by atoms with E-state index in [-0.39, 0.29) is 24.9 Å². The number of halogens is 1. The van der Waals surface area contributed by atoms with Gasteiger partial charge in [-0.2, -0.15) is 0 Å². The average molecular weight is 340 g/mol. The number of amides is 1. The van der Waals surface area contributed by atoms with Crippen LogP contribution in [0.25, 0.3) is 0 Å². The fourth-order valence-electron chi connectivity index (χ4n) is 2.83. The molecule has 1 aliphatic rings. The molecule has 1 aromatic rings. The standard InChI is InChI=1S/C17H22ClNO4/c1-12-14(18)5-2-6-15(12)23-11-16(20)19-9-3-4-13(10-19)7-8-17(21)22/h2,5-6,13H,3-4,7-11H2,1H3,(H,21,22). The van der Waals surface area contributed by atoms with Crippen molar-refractivity contribution in [1.29, 1.82) is 0 Å². The van der Waals surface area contributed by atoms with Crippen LogP contribution in [0.1, 0.15) is 31.2 Å². The number of carbonyl (C=O) groups is 2. The van der Waals surface area contributed by atoms with Crippen LogP contribution in [-0.4, -0.2) is 41.6 Å². The van der Waals surface area contributed by atoms with E-state index in [4.69, 9.17) is 21.4 Å². The number of hydrogen-bond donors (Lipinski definition) is 1. The van der Waals surface area contributed by atoms with Crippen LogP contribution in [0.2, 0.25) is 5.02 Å². The summed E-state index contributed by atoms with van der Waals surface area (Å²) in [5, 5.41) is 9.38. The van der Waals surface area contributed by atoms with Gasteiger partial charge in [0, 0.05) is 30.1 Å². The van der Waals surface area contributed by atoms with Gasteiger partial charge in [-0.1, -0.05) is 17.7 Å². The highest BCUT2D eigenvalue weighted by Crippen LogP contribution is 2.25. The van der Waals surface area contributed by atoms with Crippen LogP contribution in [0, 0.1) is 12.8 Å². The Balaban J connectivity index is 1.85. The molecule has 1 atom stereocenters. The van der Waals surface area contributed by atoms with Crippen LogP contribution in [0.4, 0.5) is 0 Å². The molecule has 1 aliphatic heterocycles. The summed E-state index contributed by atoms with van der Waals surface area (Å²) in [7, 11) is 0. The van der Waals surface area contributed by atoms with E-state index < -0.39 is 5.97 Å². The van der Waals surface area contributed by atoms with Gasteiger partial charge in [-0.25, -0.2) is 0 Å². The molecule has 0 saturated carbocycles. The number of nitrogens with zero attached hydrogens (tertiary/aromatic N) is 1. The molecule has 1 fully saturated rings. The number of piperidine rings is 1. The summed E-state index contributed by atoms with van der Waals surface area (Å²) < 4.78 is 5.60. The average Bonchev–Trinajstić information content (AvgIpc) is 2.54. The predicted molar refractivity (Wildman–Crippen MR) is 87.9 cm³/mol. The van der Waals surface area contributed by atoms with Crippen molar-refractivity contribution in [1.82, 2.24) is 4.90 Å². The van der Waals surface area contributed by atoms with Crippen LogP contribution in [0.15, 0.2) is 18.2 Å². The Labute approximate surface area is 141 Å². The minimum Gasteiger partial charge on any atom is -0.483 e. The Morgan fingerprint density at radius 1 is 1.43 bits per heavy atom. The molecule has 1 saturated heterocycles. The van der Waals surface area contributed by atoms with Crippen LogP contribution in [0.5, 0.6) is 5.75 Å². The molecule has 23 heavy (non-hydrogen) atoms. The number of carboxylic acids is 1. The lowest BCUT2D eigenvalue weighted by molar-refractivity contribution is -0.137. The maximum Gasteiger partial charge on any atom is 0.303 e. The summed E-state index contributed by atoms with van der Waals surface area (Å²) in [4.78, 5) is 24.7. The van der Waals surface area contributed by atoms with Gasteiger partial charge in [0.05, 0.1) is 0 Å². The zero-order chi connectivity index (χ0) is 16.8. The SMILES string of the molecule is Cc1c(Cl)cccc1OCC(=O)N1CCCC(CCC(=O)O)C1. The van der Waals surface area contributed by atoms with E-state index in [1.54, 1.807) is 23.1 Å². The van der Waals surface area contributed by atoms with E-state index in [0.29, 0.717) is 30.3 Å². The first-order valence-corrected chi connectivity index (χ1v) is 8.22. The van der Waals surface area contributed by atoms with E-state index in [9.17, 15) is 9.59 Å². The van der Waals surface area contributed by atoms with Gasteiger partial charge in [0.15, 0.2) is 6.61 Å². The van der Waals surface area contributed by atoms with Crippen molar-refractivity contribution in [3.63, 3.8) is 0 Å². The first kappa shape index (κ1) is 17.6. The zero-order valence-electron chi connectivity index (χ0n) is 13.3. The molecule has 0 spiro atoms. The summed E-state index contributed by atoms with van der Waals surface area (Å²) in [5.41, 5.74) is 0.819. The molecule has 1 aromatic carbocycles. The molecular weight excluding hydrogens is 318 g/mol. The molecule has 0 aromatic heterocycles. The number of aliphatic carboxylic acids is 1. The van der Waals surface area contributed by atoms with Gasteiger partial charge < -0.3 is 14.7 Å². The molecule has 0 aliphatic carbocycles. The number of likely N-dealkylation sites (tertiary alicyclic amines) is 1. The van der Waals surface area contributed by atoms with Crippen molar-refractivity contribution in [2.45, 2.75) is 32.6 Å². The Kier molecular flexibility index (Phi) is 6.28. The van der Waals surface area contributed by atoms with Crippen LogP contribution in [-0.2, 0) is 9.59 Å². The first-order chi connectivity index (χ1) is 11.0. The molecule has 1 amide bonds. The number of hydrogen-bond acceptors (Lipinski definition) is 3. The maximum absolute atomic E-state index is 12.3. The third kappa shape index (κ3) is 5.13. The summed E-state index contributed by atoms with van der Waals surface area (Å²) in [6, 6.07) is 5.36. The van der Waals surface area contributed by atoms with Crippen molar-refractivity contribution in [3.05, 3.63) is 28.8 Å². The highest BCUT2D eigenvalue weighted by Gasteiger charge is 2.24. The minimum atomic E-state index is -0.784. The molecule has 1 heterocycles. The zero-order valence-corrected chi connectivity index (χ0v) is 14.0. The molecule has 126 valence electrons. The number of ether oxygens (including phenoxy) is 1. The number of carboxylic acid groups (broad SMARTS) is 1. The lowest BCUT2D eigenvalue weighted by Crippen LogP contribution is -2.42. The van der Waals surface area contributed by atoms with Crippen LogP contribution < -0.4 is 4.74 Å². The molecule has 6 heteroatoms. The summed E-state index contributed by atoms with van der Waals surface area (Å²) >= 11 is 6.03. The third-order valence-electron chi connectivity index (χ3n) is 4.21. The number of benzene rings is 1. The highest BCUT2D eigenvalue weighted by molar-refractivity contribution is 6.31. The van der Waals surface area contributed by atoms with Crippen molar-refractivity contribution in [2.75, 3.05) is 19.7 Å². The monoisotopic (exact) mass is 339 g/mol. The van der Waals surface area contributed by atoms with Crippen molar-refractivity contribution in [2.24, 2.45) is 5.92 Å². The van der Waals surface area contributed by atoms with E-state index in [1.807, 2.05) is 6.92 Å². The number of carbonyl (C=O) groups excluding carboxylic acids is 1. The highest BCUT2D eigenvalue weighted by atomic mass is 35.5. The van der Waals surface area contributed by atoms with Crippen LogP contribution >= 0.6 is 11.6 Å². The smallest absolute Gasteiger partial charge is 0.303 e. The Morgan fingerprint density at radius 3 is 2.96 bits per heavy atom. The quantitative estimate of drug-likeness (QED) is 0.864. The largest absolute Gasteiger partial charge is 0.483 e. The van der Waals surface area contributed by atoms with E-state index >= 15 is 0 Å². The lowest BCUT2D eigenvalue weighted by Gasteiger charge is -2.32. The topological polar surface area (TPSA) is 66.8 Å². The van der Waals surface area contributed by atoms with Crippen molar-refractivity contribution < 1.29 is 19.4 Å². The predicted octanol–water partition coefficient (Wildman–Crippen LogP) is 3.13. The van der Waals surface area contributed by atoms with Gasteiger partial charge in [0.1, 0.15) is 5.75 Å². The summed E-state index contributed by atoms with van der Waals surface area (Å²) in [6.45, 7) is 3.15. The van der Waals surface area contributed by atoms with Crippen molar-refractivity contribution >= 4 is 23.5 Å². The molecule has 0 radical (unpaired) electrons. The van der Waals surface area contributed by atoms with Gasteiger partial charge in [-0.05, 0) is 44.2 Å². The fraction of sp³-hybridized carbons (Fsp3) is 0.529. The molecule has 0 bridgehead atoms. The van der Waals surface area contributed by atoms with Gasteiger partial charge in [-0.15, -0.1) is 0 Å². The fourth-order valence-corrected chi connectivity index (χ4v) is 3.00. The van der Waals surface area contributed by atoms with E-state index in [1.165, 1.54) is 0 Å². The molecular formula is C17H22ClNO4. The number of rotatable bonds is 6. The second kappa shape index (κ2) is 8.20. The van der Waals surface area contributed by atoms with E-state index in [0.717, 1.165) is 18.4 Å². The molecule has 1 N–H and O–H groups in total. The second-order valence-electron chi connectivity index (χ2n) is 5.93. The molecule has 5 nitrogen and oxygen atoms in total. The normalized spacial score (nSPS) is 17.8.